The van der Waals surface area contributed by atoms with Gasteiger partial charge in [-0.25, -0.2) is 13.1 Å². The molecule has 1 atom stereocenters. The SMILES string of the molecule is Cc1cc(N)c(C)c(S(=O)(=O)NCC2CCCCS2)c1. The predicted octanol–water partition coefficient (Wildman–Crippen LogP) is 2.45. The summed E-state index contributed by atoms with van der Waals surface area (Å²) >= 11 is 1.86. The number of aryl methyl sites for hydroxylation is 1. The topological polar surface area (TPSA) is 72.2 Å². The van der Waals surface area contributed by atoms with Gasteiger partial charge in [-0.3, -0.25) is 0 Å². The molecule has 2 rings (SSSR count). The number of sulfonamides is 1. The van der Waals surface area contributed by atoms with E-state index in [2.05, 4.69) is 4.72 Å². The van der Waals surface area contributed by atoms with Gasteiger partial charge in [0, 0.05) is 17.5 Å². The van der Waals surface area contributed by atoms with Crippen molar-refractivity contribution in [3.8, 4) is 0 Å². The number of hydrogen-bond donors (Lipinski definition) is 2. The summed E-state index contributed by atoms with van der Waals surface area (Å²) in [7, 11) is -3.48. The Morgan fingerprint density at radius 2 is 2.10 bits per heavy atom. The van der Waals surface area contributed by atoms with Crippen molar-refractivity contribution >= 4 is 27.5 Å². The van der Waals surface area contributed by atoms with Crippen LogP contribution in [-0.4, -0.2) is 26.0 Å². The van der Waals surface area contributed by atoms with E-state index < -0.39 is 10.0 Å². The van der Waals surface area contributed by atoms with Crippen molar-refractivity contribution in [3.05, 3.63) is 23.3 Å². The number of nitrogens with two attached hydrogens (primary N) is 1. The molecule has 0 radical (unpaired) electrons. The van der Waals surface area contributed by atoms with Crippen LogP contribution in [0.25, 0.3) is 0 Å². The lowest BCUT2D eigenvalue weighted by Gasteiger charge is -2.21. The van der Waals surface area contributed by atoms with Gasteiger partial charge in [0.1, 0.15) is 0 Å². The molecule has 0 aromatic heterocycles. The van der Waals surface area contributed by atoms with Gasteiger partial charge in [0.15, 0.2) is 0 Å². The summed E-state index contributed by atoms with van der Waals surface area (Å²) in [5.74, 6) is 1.13. The minimum absolute atomic E-state index is 0.302. The second-order valence-corrected chi connectivity index (χ2v) is 8.46. The highest BCUT2D eigenvalue weighted by molar-refractivity contribution is 8.00. The van der Waals surface area contributed by atoms with Crippen molar-refractivity contribution in [1.82, 2.24) is 4.72 Å². The fourth-order valence-corrected chi connectivity index (χ4v) is 5.16. The number of thioether (sulfide) groups is 1. The van der Waals surface area contributed by atoms with Crippen molar-refractivity contribution < 1.29 is 8.42 Å². The molecule has 1 aliphatic heterocycles. The Morgan fingerprint density at radius 3 is 2.75 bits per heavy atom. The van der Waals surface area contributed by atoms with E-state index in [0.29, 0.717) is 27.9 Å². The molecule has 3 N–H and O–H groups in total. The first kappa shape index (κ1) is 15.7. The first-order valence-electron chi connectivity index (χ1n) is 6.88. The molecule has 1 heterocycles. The van der Waals surface area contributed by atoms with Gasteiger partial charge >= 0.3 is 0 Å². The lowest BCUT2D eigenvalue weighted by atomic mass is 10.1. The molecule has 6 heteroatoms. The number of anilines is 1. The van der Waals surface area contributed by atoms with Crippen molar-refractivity contribution in [2.45, 2.75) is 43.3 Å². The van der Waals surface area contributed by atoms with Crippen LogP contribution in [0.5, 0.6) is 0 Å². The first-order chi connectivity index (χ1) is 9.40. The Labute approximate surface area is 125 Å². The van der Waals surface area contributed by atoms with Crippen LogP contribution in [-0.2, 0) is 10.0 Å². The van der Waals surface area contributed by atoms with Crippen LogP contribution in [0.15, 0.2) is 17.0 Å². The fraction of sp³-hybridized carbons (Fsp3) is 0.571. The highest BCUT2D eigenvalue weighted by atomic mass is 32.2. The third-order valence-corrected chi connectivity index (χ3v) is 6.56. The normalized spacial score (nSPS) is 20.0. The number of nitrogen functional groups attached to an aromatic ring is 1. The maximum Gasteiger partial charge on any atom is 0.240 e. The Balaban J connectivity index is 2.14. The minimum Gasteiger partial charge on any atom is -0.398 e. The van der Waals surface area contributed by atoms with E-state index in [9.17, 15) is 8.42 Å². The maximum atomic E-state index is 12.4. The Hall–Kier alpha value is -0.720. The Kier molecular flexibility index (Phi) is 4.99. The summed E-state index contributed by atoms with van der Waals surface area (Å²) in [6, 6.07) is 3.48. The second-order valence-electron chi connectivity index (χ2n) is 5.32. The molecule has 0 aliphatic carbocycles. The van der Waals surface area contributed by atoms with Crippen molar-refractivity contribution in [2.75, 3.05) is 18.0 Å². The number of hydrogen-bond acceptors (Lipinski definition) is 4. The van der Waals surface area contributed by atoms with E-state index in [1.54, 1.807) is 19.1 Å². The average Bonchev–Trinajstić information content (AvgIpc) is 2.42. The van der Waals surface area contributed by atoms with Gasteiger partial charge in [-0.2, -0.15) is 11.8 Å². The number of benzene rings is 1. The predicted molar refractivity (Wildman–Crippen MR) is 85.6 cm³/mol. The lowest BCUT2D eigenvalue weighted by Crippen LogP contribution is -2.32. The number of nitrogens with one attached hydrogen (secondary N) is 1. The van der Waals surface area contributed by atoms with Gasteiger partial charge in [-0.1, -0.05) is 6.42 Å². The van der Waals surface area contributed by atoms with Gasteiger partial charge < -0.3 is 5.73 Å². The van der Waals surface area contributed by atoms with E-state index in [0.717, 1.165) is 17.7 Å². The maximum absolute atomic E-state index is 12.4. The fourth-order valence-electron chi connectivity index (χ4n) is 2.38. The highest BCUT2D eigenvalue weighted by Gasteiger charge is 2.21. The van der Waals surface area contributed by atoms with Crippen LogP contribution in [0.4, 0.5) is 5.69 Å². The van der Waals surface area contributed by atoms with Crippen LogP contribution in [0.3, 0.4) is 0 Å². The zero-order valence-corrected chi connectivity index (χ0v) is 13.6. The van der Waals surface area contributed by atoms with Gasteiger partial charge in [-0.15, -0.1) is 0 Å². The van der Waals surface area contributed by atoms with E-state index in [1.165, 1.54) is 12.8 Å². The molecule has 0 bridgehead atoms. The molecule has 1 fully saturated rings. The zero-order valence-electron chi connectivity index (χ0n) is 12.0. The van der Waals surface area contributed by atoms with Crippen LogP contribution in [0.2, 0.25) is 0 Å². The smallest absolute Gasteiger partial charge is 0.240 e. The van der Waals surface area contributed by atoms with E-state index in [4.69, 9.17) is 5.73 Å². The van der Waals surface area contributed by atoms with Crippen molar-refractivity contribution in [1.29, 1.82) is 0 Å². The first-order valence-corrected chi connectivity index (χ1v) is 9.41. The molecule has 1 aromatic rings. The molecule has 1 unspecified atom stereocenters. The molecule has 112 valence electrons. The van der Waals surface area contributed by atoms with E-state index in [-0.39, 0.29) is 0 Å². The third-order valence-electron chi connectivity index (χ3n) is 3.61. The summed E-state index contributed by atoms with van der Waals surface area (Å²) in [5.41, 5.74) is 7.87. The molecule has 4 nitrogen and oxygen atoms in total. The average molecular weight is 314 g/mol. The largest absolute Gasteiger partial charge is 0.398 e. The summed E-state index contributed by atoms with van der Waals surface area (Å²) in [4.78, 5) is 0.302. The standard InChI is InChI=1S/C14H22N2O2S2/c1-10-7-13(15)11(2)14(8-10)20(17,18)16-9-12-5-3-4-6-19-12/h7-8,12,16H,3-6,9,15H2,1-2H3. The van der Waals surface area contributed by atoms with E-state index in [1.807, 2.05) is 18.7 Å². The summed E-state index contributed by atoms with van der Waals surface area (Å²) in [6.45, 7) is 4.10. The Morgan fingerprint density at radius 1 is 1.35 bits per heavy atom. The molecule has 0 saturated carbocycles. The van der Waals surface area contributed by atoms with Crippen molar-refractivity contribution in [2.24, 2.45) is 0 Å². The molecule has 0 amide bonds. The molecule has 20 heavy (non-hydrogen) atoms. The highest BCUT2D eigenvalue weighted by Crippen LogP contribution is 2.26. The second kappa shape index (κ2) is 6.37. The van der Waals surface area contributed by atoms with E-state index >= 15 is 0 Å². The van der Waals surface area contributed by atoms with Gasteiger partial charge in [0.2, 0.25) is 10.0 Å². The van der Waals surface area contributed by atoms with Gasteiger partial charge in [0.25, 0.3) is 0 Å². The van der Waals surface area contributed by atoms with Crippen LogP contribution < -0.4 is 10.5 Å². The van der Waals surface area contributed by atoms with Crippen LogP contribution in [0, 0.1) is 13.8 Å². The molecular formula is C14H22N2O2S2. The third kappa shape index (κ3) is 3.68. The van der Waals surface area contributed by atoms with Crippen molar-refractivity contribution in [3.63, 3.8) is 0 Å². The molecule has 1 aliphatic rings. The monoisotopic (exact) mass is 314 g/mol. The lowest BCUT2D eigenvalue weighted by molar-refractivity contribution is 0.573. The minimum atomic E-state index is -3.48. The van der Waals surface area contributed by atoms with Gasteiger partial charge in [0.05, 0.1) is 4.90 Å². The van der Waals surface area contributed by atoms with Crippen LogP contribution >= 0.6 is 11.8 Å². The molecule has 0 spiro atoms. The summed E-state index contributed by atoms with van der Waals surface area (Å²) in [5, 5.41) is 0.390. The summed E-state index contributed by atoms with van der Waals surface area (Å²) < 4.78 is 27.6. The quantitative estimate of drug-likeness (QED) is 0.837. The Bertz CT molecular complexity index is 579. The zero-order chi connectivity index (χ0) is 14.8. The summed E-state index contributed by atoms with van der Waals surface area (Å²) in [6.07, 6.45) is 3.51. The molecule has 1 aromatic carbocycles. The number of rotatable bonds is 4. The molecule has 1 saturated heterocycles. The molecular weight excluding hydrogens is 292 g/mol. The van der Waals surface area contributed by atoms with Gasteiger partial charge in [-0.05, 0) is 55.7 Å². The van der Waals surface area contributed by atoms with Crippen LogP contribution in [0.1, 0.15) is 30.4 Å².